The van der Waals surface area contributed by atoms with Gasteiger partial charge in [-0.05, 0) is 24.9 Å². The Balaban J connectivity index is 0.00000192. The molecule has 23 heavy (non-hydrogen) atoms. The molecule has 2 saturated heterocycles. The number of benzene rings is 1. The molecule has 2 N–H and O–H groups in total. The van der Waals surface area contributed by atoms with Crippen LogP contribution in [0, 0.1) is 5.92 Å². The first-order valence-electron chi connectivity index (χ1n) is 8.05. The summed E-state index contributed by atoms with van der Waals surface area (Å²) in [6.07, 6.45) is 2.45. The van der Waals surface area contributed by atoms with Crippen LogP contribution in [0.2, 0.25) is 0 Å². The number of carbonyl (C=O) groups excluding carboxylic acids is 2. The van der Waals surface area contributed by atoms with Crippen molar-refractivity contribution < 1.29 is 9.59 Å². The monoisotopic (exact) mass is 337 g/mol. The molecule has 126 valence electrons. The number of piperidine rings is 1. The third-order valence-corrected chi connectivity index (χ3v) is 4.44. The van der Waals surface area contributed by atoms with E-state index in [1.807, 2.05) is 30.3 Å². The average molecular weight is 338 g/mol. The highest BCUT2D eigenvalue weighted by Crippen LogP contribution is 2.20. The Labute approximate surface area is 143 Å². The van der Waals surface area contributed by atoms with Gasteiger partial charge in [-0.2, -0.15) is 0 Å². The van der Waals surface area contributed by atoms with Gasteiger partial charge in [0.2, 0.25) is 11.8 Å². The van der Waals surface area contributed by atoms with E-state index in [2.05, 4.69) is 10.6 Å². The van der Waals surface area contributed by atoms with Gasteiger partial charge in [-0.25, -0.2) is 0 Å². The molecule has 2 heterocycles. The first-order chi connectivity index (χ1) is 10.7. The molecule has 1 aromatic carbocycles. The molecule has 5 nitrogen and oxygen atoms in total. The van der Waals surface area contributed by atoms with Crippen molar-refractivity contribution in [2.45, 2.75) is 31.8 Å². The second-order valence-corrected chi connectivity index (χ2v) is 6.21. The van der Waals surface area contributed by atoms with Crippen LogP contribution in [0.3, 0.4) is 0 Å². The topological polar surface area (TPSA) is 61.4 Å². The lowest BCUT2D eigenvalue weighted by Gasteiger charge is -2.25. The minimum Gasteiger partial charge on any atom is -0.352 e. The largest absolute Gasteiger partial charge is 0.352 e. The number of hydrogen-bond acceptors (Lipinski definition) is 3. The number of amides is 2. The maximum Gasteiger partial charge on any atom is 0.225 e. The van der Waals surface area contributed by atoms with E-state index in [0.717, 1.165) is 31.5 Å². The van der Waals surface area contributed by atoms with Gasteiger partial charge in [-0.15, -0.1) is 12.4 Å². The number of hydrogen-bond donors (Lipinski definition) is 2. The molecule has 0 bridgehead atoms. The van der Waals surface area contributed by atoms with Crippen molar-refractivity contribution in [1.29, 1.82) is 0 Å². The van der Waals surface area contributed by atoms with E-state index in [1.54, 1.807) is 4.90 Å². The van der Waals surface area contributed by atoms with Crippen LogP contribution in [0.5, 0.6) is 0 Å². The van der Waals surface area contributed by atoms with Crippen molar-refractivity contribution in [3.8, 4) is 0 Å². The van der Waals surface area contributed by atoms with Crippen molar-refractivity contribution in [3.05, 3.63) is 35.9 Å². The van der Waals surface area contributed by atoms with Gasteiger partial charge in [0, 0.05) is 32.1 Å². The van der Waals surface area contributed by atoms with Crippen LogP contribution in [0.25, 0.3) is 0 Å². The Bertz CT molecular complexity index is 532. The average Bonchev–Trinajstić information content (AvgIpc) is 2.90. The third-order valence-electron chi connectivity index (χ3n) is 4.44. The van der Waals surface area contributed by atoms with Gasteiger partial charge in [-0.3, -0.25) is 9.59 Å². The molecule has 0 saturated carbocycles. The Morgan fingerprint density at radius 1 is 1.30 bits per heavy atom. The van der Waals surface area contributed by atoms with Gasteiger partial charge in [0.1, 0.15) is 0 Å². The molecule has 2 atom stereocenters. The van der Waals surface area contributed by atoms with Crippen molar-refractivity contribution >= 4 is 24.2 Å². The van der Waals surface area contributed by atoms with Crippen LogP contribution >= 0.6 is 12.4 Å². The SMILES string of the molecule is Cl.O=C(NC1CCCNC1)C1CC(=O)N(Cc2ccccc2)C1. The summed E-state index contributed by atoms with van der Waals surface area (Å²) in [4.78, 5) is 26.2. The van der Waals surface area contributed by atoms with E-state index in [9.17, 15) is 9.59 Å². The standard InChI is InChI=1S/C17H23N3O2.ClH/c21-16-9-14(17(22)19-15-7-4-8-18-10-15)12-20(16)11-13-5-2-1-3-6-13;/h1-3,5-6,14-15,18H,4,7-12H2,(H,19,22);1H. The van der Waals surface area contributed by atoms with Crippen LogP contribution in [-0.4, -0.2) is 42.4 Å². The summed E-state index contributed by atoms with van der Waals surface area (Å²) in [7, 11) is 0. The van der Waals surface area contributed by atoms with Gasteiger partial charge in [0.25, 0.3) is 0 Å². The van der Waals surface area contributed by atoms with Crippen LogP contribution in [0.1, 0.15) is 24.8 Å². The molecule has 0 aliphatic carbocycles. The molecule has 0 aromatic heterocycles. The van der Waals surface area contributed by atoms with E-state index in [4.69, 9.17) is 0 Å². The zero-order chi connectivity index (χ0) is 15.4. The number of halogens is 1. The number of nitrogens with zero attached hydrogens (tertiary/aromatic N) is 1. The predicted molar refractivity (Wildman–Crippen MR) is 91.2 cm³/mol. The molecule has 2 amide bonds. The van der Waals surface area contributed by atoms with Crippen molar-refractivity contribution in [2.75, 3.05) is 19.6 Å². The van der Waals surface area contributed by atoms with Gasteiger partial charge < -0.3 is 15.5 Å². The van der Waals surface area contributed by atoms with Gasteiger partial charge in [-0.1, -0.05) is 30.3 Å². The Morgan fingerprint density at radius 3 is 2.78 bits per heavy atom. The van der Waals surface area contributed by atoms with Crippen LogP contribution < -0.4 is 10.6 Å². The molecule has 0 spiro atoms. The first-order valence-corrected chi connectivity index (χ1v) is 8.05. The summed E-state index contributed by atoms with van der Waals surface area (Å²) in [5.41, 5.74) is 1.10. The summed E-state index contributed by atoms with van der Waals surface area (Å²) >= 11 is 0. The molecule has 2 aliphatic rings. The second kappa shape index (κ2) is 8.31. The van der Waals surface area contributed by atoms with E-state index >= 15 is 0 Å². The summed E-state index contributed by atoms with van der Waals surface area (Å²) < 4.78 is 0. The zero-order valence-electron chi connectivity index (χ0n) is 13.2. The lowest BCUT2D eigenvalue weighted by atomic mass is 10.0. The Morgan fingerprint density at radius 2 is 2.09 bits per heavy atom. The molecule has 2 aliphatic heterocycles. The number of carbonyl (C=O) groups is 2. The van der Waals surface area contributed by atoms with E-state index < -0.39 is 0 Å². The Hall–Kier alpha value is -1.59. The van der Waals surface area contributed by atoms with Crippen molar-refractivity contribution in [1.82, 2.24) is 15.5 Å². The lowest BCUT2D eigenvalue weighted by Crippen LogP contribution is -2.47. The molecule has 2 unspecified atom stereocenters. The summed E-state index contributed by atoms with van der Waals surface area (Å²) in [5.74, 6) is -0.110. The minimum atomic E-state index is -0.210. The fourth-order valence-corrected chi connectivity index (χ4v) is 3.20. The molecule has 2 fully saturated rings. The molecule has 3 rings (SSSR count). The minimum absolute atomic E-state index is 0. The van der Waals surface area contributed by atoms with E-state index in [1.165, 1.54) is 0 Å². The van der Waals surface area contributed by atoms with Gasteiger partial charge in [0.05, 0.1) is 5.92 Å². The molecule has 6 heteroatoms. The van der Waals surface area contributed by atoms with Gasteiger partial charge in [0.15, 0.2) is 0 Å². The molecular formula is C17H24ClN3O2. The summed E-state index contributed by atoms with van der Waals surface area (Å²) in [6.45, 7) is 2.98. The zero-order valence-corrected chi connectivity index (χ0v) is 14.0. The van der Waals surface area contributed by atoms with E-state index in [0.29, 0.717) is 19.5 Å². The molecule has 0 radical (unpaired) electrons. The van der Waals surface area contributed by atoms with Crippen LogP contribution in [-0.2, 0) is 16.1 Å². The molecule has 1 aromatic rings. The lowest BCUT2D eigenvalue weighted by molar-refractivity contribution is -0.129. The fraction of sp³-hybridized carbons (Fsp3) is 0.529. The Kier molecular flexibility index (Phi) is 6.42. The first kappa shape index (κ1) is 17.8. The van der Waals surface area contributed by atoms with Gasteiger partial charge >= 0.3 is 0 Å². The smallest absolute Gasteiger partial charge is 0.225 e. The van der Waals surface area contributed by atoms with Crippen LogP contribution in [0.15, 0.2) is 30.3 Å². The highest BCUT2D eigenvalue weighted by Gasteiger charge is 2.35. The fourth-order valence-electron chi connectivity index (χ4n) is 3.20. The number of likely N-dealkylation sites (tertiary alicyclic amines) is 1. The second-order valence-electron chi connectivity index (χ2n) is 6.21. The third kappa shape index (κ3) is 4.69. The predicted octanol–water partition coefficient (Wildman–Crippen LogP) is 1.33. The quantitative estimate of drug-likeness (QED) is 0.871. The normalized spacial score (nSPS) is 24.2. The maximum atomic E-state index is 12.3. The van der Waals surface area contributed by atoms with E-state index in [-0.39, 0.29) is 36.2 Å². The van der Waals surface area contributed by atoms with Crippen molar-refractivity contribution in [3.63, 3.8) is 0 Å². The summed E-state index contributed by atoms with van der Waals surface area (Å²) in [5, 5.41) is 6.37. The molecular weight excluding hydrogens is 314 g/mol. The highest BCUT2D eigenvalue weighted by molar-refractivity contribution is 5.89. The number of nitrogens with one attached hydrogen (secondary N) is 2. The number of rotatable bonds is 4. The summed E-state index contributed by atoms with van der Waals surface area (Å²) in [6, 6.07) is 10.1. The maximum absolute atomic E-state index is 12.3. The van der Waals surface area contributed by atoms with Crippen molar-refractivity contribution in [2.24, 2.45) is 5.92 Å². The highest BCUT2D eigenvalue weighted by atomic mass is 35.5. The van der Waals surface area contributed by atoms with Crippen LogP contribution in [0.4, 0.5) is 0 Å².